The third-order valence-electron chi connectivity index (χ3n) is 1.62. The maximum absolute atomic E-state index is 11.6. The molecule has 0 radical (unpaired) electrons. The number of nitrogens with one attached hydrogen (secondary N) is 2. The summed E-state index contributed by atoms with van der Waals surface area (Å²) in [6.45, 7) is 1.83. The number of rotatable bonds is 5. The molecule has 0 aliphatic carbocycles. The Balaban J connectivity index is 2.63. The van der Waals surface area contributed by atoms with Crippen molar-refractivity contribution in [2.75, 3.05) is 0 Å². The molecular weight excluding hydrogens is 272 g/mol. The molecular formula is C8H11ClN2O3S2. The van der Waals surface area contributed by atoms with Gasteiger partial charge in [0, 0.05) is 6.42 Å². The second-order valence-corrected chi connectivity index (χ2v) is 6.59. The third kappa shape index (κ3) is 3.75. The molecule has 0 atom stereocenters. The number of hydrogen-bond donors (Lipinski definition) is 2. The van der Waals surface area contributed by atoms with E-state index in [0.717, 1.165) is 11.3 Å². The number of carbonyl (C=O) groups is 1. The van der Waals surface area contributed by atoms with Crippen LogP contribution in [0.1, 0.15) is 19.8 Å². The topological polar surface area (TPSA) is 75.3 Å². The lowest BCUT2D eigenvalue weighted by molar-refractivity contribution is -0.121. The zero-order chi connectivity index (χ0) is 12.2. The Labute approximate surface area is 103 Å². The Morgan fingerprint density at radius 3 is 2.69 bits per heavy atom. The molecule has 0 fully saturated rings. The van der Waals surface area contributed by atoms with E-state index in [4.69, 9.17) is 11.6 Å². The van der Waals surface area contributed by atoms with Crippen molar-refractivity contribution >= 4 is 38.9 Å². The van der Waals surface area contributed by atoms with Crippen molar-refractivity contribution in [3.05, 3.63) is 16.5 Å². The molecule has 0 spiro atoms. The van der Waals surface area contributed by atoms with Gasteiger partial charge in [-0.05, 0) is 18.6 Å². The van der Waals surface area contributed by atoms with Crippen LogP contribution in [0.4, 0.5) is 0 Å². The van der Waals surface area contributed by atoms with Crippen molar-refractivity contribution in [2.24, 2.45) is 0 Å². The molecule has 8 heteroatoms. The Kier molecular flexibility index (Phi) is 4.72. The van der Waals surface area contributed by atoms with Crippen LogP contribution < -0.4 is 10.3 Å². The molecule has 1 heterocycles. The highest BCUT2D eigenvalue weighted by Gasteiger charge is 2.16. The summed E-state index contributed by atoms with van der Waals surface area (Å²) in [6, 6.07) is 2.86. The van der Waals surface area contributed by atoms with Gasteiger partial charge in [-0.15, -0.1) is 16.2 Å². The number of amides is 1. The van der Waals surface area contributed by atoms with Gasteiger partial charge in [0.25, 0.3) is 10.0 Å². The van der Waals surface area contributed by atoms with Crippen molar-refractivity contribution in [2.45, 2.75) is 24.0 Å². The smallest absolute Gasteiger partial charge is 0.266 e. The molecule has 0 unspecified atom stereocenters. The van der Waals surface area contributed by atoms with Gasteiger partial charge in [0.05, 0.1) is 4.34 Å². The van der Waals surface area contributed by atoms with E-state index in [1.807, 2.05) is 11.8 Å². The van der Waals surface area contributed by atoms with Crippen LogP contribution >= 0.6 is 22.9 Å². The van der Waals surface area contributed by atoms with Gasteiger partial charge in [-0.25, -0.2) is 8.42 Å². The van der Waals surface area contributed by atoms with Gasteiger partial charge in [-0.1, -0.05) is 18.5 Å². The van der Waals surface area contributed by atoms with Gasteiger partial charge in [0.1, 0.15) is 4.21 Å². The predicted octanol–water partition coefficient (Wildman–Crippen LogP) is 1.51. The first kappa shape index (κ1) is 13.4. The fourth-order valence-electron chi connectivity index (χ4n) is 0.906. The van der Waals surface area contributed by atoms with Gasteiger partial charge in [-0.2, -0.15) is 0 Å². The molecule has 16 heavy (non-hydrogen) atoms. The summed E-state index contributed by atoms with van der Waals surface area (Å²) >= 11 is 6.54. The summed E-state index contributed by atoms with van der Waals surface area (Å²) in [5.41, 5.74) is 2.12. The molecule has 1 aromatic rings. The lowest BCUT2D eigenvalue weighted by atomic mass is 10.3. The third-order valence-corrected chi connectivity index (χ3v) is 4.59. The zero-order valence-electron chi connectivity index (χ0n) is 8.49. The average molecular weight is 283 g/mol. The second kappa shape index (κ2) is 5.62. The molecule has 0 saturated carbocycles. The largest absolute Gasteiger partial charge is 0.278 e. The van der Waals surface area contributed by atoms with E-state index in [1.54, 1.807) is 0 Å². The van der Waals surface area contributed by atoms with Gasteiger partial charge in [0.15, 0.2) is 0 Å². The average Bonchev–Trinajstić information content (AvgIpc) is 2.63. The van der Waals surface area contributed by atoms with E-state index in [0.29, 0.717) is 10.8 Å². The van der Waals surface area contributed by atoms with Crippen molar-refractivity contribution in [3.8, 4) is 0 Å². The van der Waals surface area contributed by atoms with Crippen molar-refractivity contribution in [1.82, 2.24) is 10.3 Å². The molecule has 0 aromatic carbocycles. The highest BCUT2D eigenvalue weighted by atomic mass is 35.5. The van der Waals surface area contributed by atoms with Crippen LogP contribution in [-0.4, -0.2) is 14.3 Å². The highest BCUT2D eigenvalue weighted by Crippen LogP contribution is 2.24. The predicted molar refractivity (Wildman–Crippen MR) is 62.7 cm³/mol. The van der Waals surface area contributed by atoms with Crippen LogP contribution in [0, 0.1) is 0 Å². The molecule has 0 aliphatic heterocycles. The fraction of sp³-hybridized carbons (Fsp3) is 0.375. The van der Waals surface area contributed by atoms with Gasteiger partial charge in [-0.3, -0.25) is 10.2 Å². The van der Waals surface area contributed by atoms with Crippen LogP contribution in [0.15, 0.2) is 16.3 Å². The van der Waals surface area contributed by atoms with Crippen molar-refractivity contribution in [3.63, 3.8) is 0 Å². The summed E-state index contributed by atoms with van der Waals surface area (Å²) in [6.07, 6.45) is 0.923. The van der Waals surface area contributed by atoms with Crippen LogP contribution in [0.5, 0.6) is 0 Å². The SMILES string of the molecule is CCCC(=O)NNS(=O)(=O)c1ccc(Cl)s1. The number of hydrogen-bond acceptors (Lipinski definition) is 4. The second-order valence-electron chi connectivity index (χ2n) is 2.96. The highest BCUT2D eigenvalue weighted by molar-refractivity contribution is 7.91. The summed E-state index contributed by atoms with van der Waals surface area (Å²) < 4.78 is 23.6. The molecule has 90 valence electrons. The minimum atomic E-state index is -3.70. The quantitative estimate of drug-likeness (QED) is 0.804. The molecule has 5 nitrogen and oxygen atoms in total. The Bertz CT molecular complexity index is 469. The van der Waals surface area contributed by atoms with Crippen LogP contribution in [0.25, 0.3) is 0 Å². The molecule has 0 bridgehead atoms. The lowest BCUT2D eigenvalue weighted by Gasteiger charge is -2.05. The minimum absolute atomic E-state index is 0.0642. The van der Waals surface area contributed by atoms with E-state index in [-0.39, 0.29) is 16.5 Å². The number of sulfonamides is 1. The molecule has 0 aliphatic rings. The van der Waals surface area contributed by atoms with Gasteiger partial charge < -0.3 is 0 Å². The maximum atomic E-state index is 11.6. The van der Waals surface area contributed by atoms with E-state index in [1.165, 1.54) is 12.1 Å². The van der Waals surface area contributed by atoms with Gasteiger partial charge >= 0.3 is 0 Å². The van der Waals surface area contributed by atoms with E-state index in [2.05, 4.69) is 5.43 Å². The van der Waals surface area contributed by atoms with E-state index >= 15 is 0 Å². The summed E-state index contributed by atoms with van der Waals surface area (Å²) in [4.78, 5) is 13.1. The molecule has 1 rings (SSSR count). The summed E-state index contributed by atoms with van der Waals surface area (Å²) in [5, 5.41) is 0. The van der Waals surface area contributed by atoms with E-state index < -0.39 is 10.0 Å². The first-order valence-corrected chi connectivity index (χ1v) is 7.19. The van der Waals surface area contributed by atoms with Crippen LogP contribution in [0.2, 0.25) is 4.34 Å². The fourth-order valence-corrected chi connectivity index (χ4v) is 3.25. The summed E-state index contributed by atoms with van der Waals surface area (Å²) in [7, 11) is -3.70. The lowest BCUT2D eigenvalue weighted by Crippen LogP contribution is -2.41. The Hall–Kier alpha value is -0.630. The molecule has 0 saturated heterocycles. The van der Waals surface area contributed by atoms with Gasteiger partial charge in [0.2, 0.25) is 5.91 Å². The molecule has 1 amide bonds. The number of thiophene rings is 1. The first-order valence-electron chi connectivity index (χ1n) is 4.51. The van der Waals surface area contributed by atoms with Crippen LogP contribution in [-0.2, 0) is 14.8 Å². The Morgan fingerprint density at radius 2 is 2.19 bits per heavy atom. The van der Waals surface area contributed by atoms with E-state index in [9.17, 15) is 13.2 Å². The van der Waals surface area contributed by atoms with Crippen molar-refractivity contribution in [1.29, 1.82) is 0 Å². The molecule has 1 aromatic heterocycles. The van der Waals surface area contributed by atoms with Crippen molar-refractivity contribution < 1.29 is 13.2 Å². The molecule has 2 N–H and O–H groups in total. The maximum Gasteiger partial charge on any atom is 0.266 e. The normalized spacial score (nSPS) is 11.4. The first-order chi connectivity index (χ1) is 7.45. The number of halogens is 1. The number of carbonyl (C=O) groups excluding carboxylic acids is 1. The summed E-state index contributed by atoms with van der Waals surface area (Å²) in [5.74, 6) is -0.367. The monoisotopic (exact) mass is 282 g/mol. The zero-order valence-corrected chi connectivity index (χ0v) is 10.9. The standard InChI is InChI=1S/C8H11ClN2O3S2/c1-2-3-7(12)10-11-16(13,14)8-5-4-6(9)15-8/h4-5,11H,2-3H2,1H3,(H,10,12). The minimum Gasteiger partial charge on any atom is -0.278 e. The number of hydrazine groups is 1. The Morgan fingerprint density at radius 1 is 1.50 bits per heavy atom. The van der Waals surface area contributed by atoms with Crippen LogP contribution in [0.3, 0.4) is 0 Å².